The molecule has 0 aliphatic carbocycles. The third kappa shape index (κ3) is 3.85. The fourth-order valence-corrected chi connectivity index (χ4v) is 5.92. The third-order valence-electron chi connectivity index (χ3n) is 7.06. The summed E-state index contributed by atoms with van der Waals surface area (Å²) >= 11 is 1.52. The summed E-state index contributed by atoms with van der Waals surface area (Å²) in [5, 5.41) is 1.97. The second-order valence-electron chi connectivity index (χ2n) is 9.53. The predicted molar refractivity (Wildman–Crippen MR) is 131 cm³/mol. The Labute approximate surface area is 194 Å². The van der Waals surface area contributed by atoms with Crippen molar-refractivity contribution in [2.45, 2.75) is 39.5 Å². The Hall–Kier alpha value is -2.60. The number of hydrogen-bond acceptors (Lipinski definition) is 5. The van der Waals surface area contributed by atoms with E-state index in [1.54, 1.807) is 0 Å². The van der Waals surface area contributed by atoms with Crippen LogP contribution in [-0.4, -0.2) is 42.9 Å². The topological polar surface area (TPSA) is 43.9 Å². The van der Waals surface area contributed by atoms with Gasteiger partial charge in [0, 0.05) is 36.7 Å². The molecule has 1 aromatic heterocycles. The smallest absolute Gasteiger partial charge is 0.282 e. The van der Waals surface area contributed by atoms with E-state index in [-0.39, 0.29) is 11.8 Å². The SMILES string of the molecule is CC1CCN(c2ccc(N3C(=O)C(c4cccs4)=C(N4CCCC(C)C4)C3=O)cc2)CC1. The van der Waals surface area contributed by atoms with Gasteiger partial charge in [0.05, 0.1) is 11.3 Å². The largest absolute Gasteiger partial charge is 0.372 e. The first-order valence-corrected chi connectivity index (χ1v) is 12.7. The molecule has 32 heavy (non-hydrogen) atoms. The standard InChI is InChI=1S/C26H31N3O2S/c1-18-11-14-27(15-12-18)20-7-9-21(10-8-20)29-25(30)23(22-6-4-16-32-22)24(26(29)31)28-13-3-5-19(2)17-28/h4,6-10,16,18-19H,3,5,11-15,17H2,1-2H3. The Balaban J connectivity index is 1.45. The minimum absolute atomic E-state index is 0.188. The van der Waals surface area contributed by atoms with E-state index >= 15 is 0 Å². The number of piperidine rings is 2. The number of carbonyl (C=O) groups excluding carboxylic acids is 2. The lowest BCUT2D eigenvalue weighted by Crippen LogP contribution is -2.39. The lowest BCUT2D eigenvalue weighted by atomic mass is 9.99. The minimum Gasteiger partial charge on any atom is -0.372 e. The van der Waals surface area contributed by atoms with Gasteiger partial charge in [-0.3, -0.25) is 9.59 Å². The van der Waals surface area contributed by atoms with E-state index < -0.39 is 0 Å². The fraction of sp³-hybridized carbons (Fsp3) is 0.462. The molecule has 2 fully saturated rings. The molecule has 0 N–H and O–H groups in total. The van der Waals surface area contributed by atoms with Gasteiger partial charge in [0.25, 0.3) is 11.8 Å². The molecule has 2 saturated heterocycles. The summed E-state index contributed by atoms with van der Waals surface area (Å²) in [4.78, 5) is 34.0. The Morgan fingerprint density at radius 2 is 1.53 bits per heavy atom. The average Bonchev–Trinajstić information content (AvgIpc) is 3.40. The number of hydrogen-bond donors (Lipinski definition) is 0. The maximum atomic E-state index is 13.7. The Morgan fingerprint density at radius 3 is 2.19 bits per heavy atom. The van der Waals surface area contributed by atoms with Gasteiger partial charge in [-0.05, 0) is 73.2 Å². The van der Waals surface area contributed by atoms with Crippen molar-refractivity contribution in [1.29, 1.82) is 0 Å². The van der Waals surface area contributed by atoms with E-state index in [4.69, 9.17) is 0 Å². The van der Waals surface area contributed by atoms with Gasteiger partial charge in [-0.15, -0.1) is 11.3 Å². The zero-order valence-corrected chi connectivity index (χ0v) is 19.7. The number of carbonyl (C=O) groups is 2. The molecule has 0 radical (unpaired) electrons. The summed E-state index contributed by atoms with van der Waals surface area (Å²) in [5.41, 5.74) is 2.96. The monoisotopic (exact) mass is 449 g/mol. The van der Waals surface area contributed by atoms with Crippen molar-refractivity contribution in [2.75, 3.05) is 36.0 Å². The Bertz CT molecular complexity index is 1020. The quantitative estimate of drug-likeness (QED) is 0.616. The van der Waals surface area contributed by atoms with Crippen LogP contribution in [-0.2, 0) is 9.59 Å². The summed E-state index contributed by atoms with van der Waals surface area (Å²) in [6.45, 7) is 8.30. The summed E-state index contributed by atoms with van der Waals surface area (Å²) in [5.74, 6) is 0.907. The molecule has 5 nitrogen and oxygen atoms in total. The molecule has 5 rings (SSSR count). The lowest BCUT2D eigenvalue weighted by Gasteiger charge is -2.33. The normalized spacial score (nSPS) is 22.9. The van der Waals surface area contributed by atoms with Crippen LogP contribution in [0.5, 0.6) is 0 Å². The molecule has 6 heteroatoms. The zero-order valence-electron chi connectivity index (χ0n) is 18.9. The highest BCUT2D eigenvalue weighted by molar-refractivity contribution is 7.11. The number of benzene rings is 1. The molecule has 3 aliphatic heterocycles. The van der Waals surface area contributed by atoms with Crippen LogP contribution in [0.3, 0.4) is 0 Å². The summed E-state index contributed by atoms with van der Waals surface area (Å²) in [6.07, 6.45) is 4.63. The molecule has 4 heterocycles. The van der Waals surface area contributed by atoms with Crippen LogP contribution in [0.25, 0.3) is 5.57 Å². The first-order valence-electron chi connectivity index (χ1n) is 11.8. The zero-order chi connectivity index (χ0) is 22.2. The number of imide groups is 1. The maximum absolute atomic E-state index is 13.7. The molecular weight excluding hydrogens is 418 g/mol. The number of amides is 2. The van der Waals surface area contributed by atoms with E-state index in [0.717, 1.165) is 49.1 Å². The van der Waals surface area contributed by atoms with Crippen molar-refractivity contribution in [3.8, 4) is 0 Å². The second-order valence-corrected chi connectivity index (χ2v) is 10.5. The molecule has 0 spiro atoms. The van der Waals surface area contributed by atoms with Crippen molar-refractivity contribution < 1.29 is 9.59 Å². The van der Waals surface area contributed by atoms with Gasteiger partial charge in [0.15, 0.2) is 0 Å². The average molecular weight is 450 g/mol. The molecule has 2 amide bonds. The number of anilines is 2. The highest BCUT2D eigenvalue weighted by Gasteiger charge is 2.43. The van der Waals surface area contributed by atoms with Gasteiger partial charge in [0.1, 0.15) is 5.70 Å². The van der Waals surface area contributed by atoms with Crippen LogP contribution in [0.2, 0.25) is 0 Å². The molecule has 0 saturated carbocycles. The molecular formula is C26H31N3O2S. The first kappa shape index (κ1) is 21.3. The van der Waals surface area contributed by atoms with Crippen LogP contribution in [0, 0.1) is 11.8 Å². The van der Waals surface area contributed by atoms with E-state index in [9.17, 15) is 9.59 Å². The predicted octanol–water partition coefficient (Wildman–Crippen LogP) is 5.00. The van der Waals surface area contributed by atoms with Gasteiger partial charge < -0.3 is 9.80 Å². The van der Waals surface area contributed by atoms with Crippen LogP contribution >= 0.6 is 11.3 Å². The summed E-state index contributed by atoms with van der Waals surface area (Å²) < 4.78 is 0. The molecule has 1 atom stereocenters. The first-order chi connectivity index (χ1) is 15.5. The molecule has 3 aliphatic rings. The highest BCUT2D eigenvalue weighted by Crippen LogP contribution is 2.38. The van der Waals surface area contributed by atoms with Gasteiger partial charge in [-0.25, -0.2) is 4.90 Å². The van der Waals surface area contributed by atoms with E-state index in [1.807, 2.05) is 29.6 Å². The minimum atomic E-state index is -0.203. The van der Waals surface area contributed by atoms with Crippen molar-refractivity contribution >= 4 is 40.1 Å². The van der Waals surface area contributed by atoms with Crippen molar-refractivity contribution in [1.82, 2.24) is 4.90 Å². The van der Waals surface area contributed by atoms with Gasteiger partial charge in [-0.1, -0.05) is 19.9 Å². The molecule has 1 aromatic carbocycles. The Morgan fingerprint density at radius 1 is 0.812 bits per heavy atom. The van der Waals surface area contributed by atoms with E-state index in [2.05, 4.69) is 35.8 Å². The van der Waals surface area contributed by atoms with Gasteiger partial charge in [-0.2, -0.15) is 0 Å². The highest BCUT2D eigenvalue weighted by atomic mass is 32.1. The van der Waals surface area contributed by atoms with Crippen molar-refractivity contribution in [3.05, 3.63) is 52.4 Å². The number of likely N-dealkylation sites (tertiary alicyclic amines) is 1. The maximum Gasteiger partial charge on any atom is 0.282 e. The van der Waals surface area contributed by atoms with Gasteiger partial charge in [0.2, 0.25) is 0 Å². The van der Waals surface area contributed by atoms with Crippen LogP contribution in [0.4, 0.5) is 11.4 Å². The second kappa shape index (κ2) is 8.74. The lowest BCUT2D eigenvalue weighted by molar-refractivity contribution is -0.120. The van der Waals surface area contributed by atoms with E-state index in [0.29, 0.717) is 22.9 Å². The Kier molecular flexibility index (Phi) is 5.80. The van der Waals surface area contributed by atoms with Crippen LogP contribution in [0.15, 0.2) is 47.5 Å². The van der Waals surface area contributed by atoms with Crippen molar-refractivity contribution in [2.24, 2.45) is 11.8 Å². The van der Waals surface area contributed by atoms with Crippen molar-refractivity contribution in [3.63, 3.8) is 0 Å². The van der Waals surface area contributed by atoms with Crippen LogP contribution < -0.4 is 9.80 Å². The summed E-state index contributed by atoms with van der Waals surface area (Å²) in [7, 11) is 0. The fourth-order valence-electron chi connectivity index (χ4n) is 5.16. The summed E-state index contributed by atoms with van der Waals surface area (Å²) in [6, 6.07) is 11.9. The van der Waals surface area contributed by atoms with E-state index in [1.165, 1.54) is 35.5 Å². The number of thiophene rings is 1. The number of rotatable bonds is 4. The van der Waals surface area contributed by atoms with Gasteiger partial charge >= 0.3 is 0 Å². The third-order valence-corrected chi connectivity index (χ3v) is 7.94. The molecule has 2 aromatic rings. The van der Waals surface area contributed by atoms with Crippen LogP contribution in [0.1, 0.15) is 44.4 Å². The molecule has 168 valence electrons. The molecule has 0 bridgehead atoms. The molecule has 1 unspecified atom stereocenters. The number of nitrogens with zero attached hydrogens (tertiary/aromatic N) is 3.